The van der Waals surface area contributed by atoms with E-state index in [1.54, 1.807) is 16.7 Å². The van der Waals surface area contributed by atoms with Crippen LogP contribution in [0.1, 0.15) is 5.56 Å². The van der Waals surface area contributed by atoms with Crippen LogP contribution in [-0.2, 0) is 16.6 Å². The van der Waals surface area contributed by atoms with E-state index >= 15 is 0 Å². The van der Waals surface area contributed by atoms with E-state index in [1.165, 1.54) is 12.3 Å². The molecule has 3 aromatic rings. The van der Waals surface area contributed by atoms with Gasteiger partial charge < -0.3 is 4.57 Å². The predicted octanol–water partition coefficient (Wildman–Crippen LogP) is 2.48. The zero-order valence-corrected chi connectivity index (χ0v) is 11.8. The SMILES string of the molecule is NS(=O)(=O)c1cn(Cc2ccccc2)c2cccc(F)c12. The van der Waals surface area contributed by atoms with Gasteiger partial charge in [-0.3, -0.25) is 0 Å². The topological polar surface area (TPSA) is 65.1 Å². The van der Waals surface area contributed by atoms with Gasteiger partial charge in [0.2, 0.25) is 10.0 Å². The van der Waals surface area contributed by atoms with Crippen molar-refractivity contribution in [1.82, 2.24) is 4.57 Å². The number of rotatable bonds is 3. The summed E-state index contributed by atoms with van der Waals surface area (Å²) in [5.41, 5.74) is 1.49. The molecule has 108 valence electrons. The second-order valence-electron chi connectivity index (χ2n) is 4.79. The van der Waals surface area contributed by atoms with Gasteiger partial charge in [0.25, 0.3) is 0 Å². The summed E-state index contributed by atoms with van der Waals surface area (Å²) in [6, 6.07) is 14.0. The number of hydrogen-bond donors (Lipinski definition) is 1. The molecule has 0 unspecified atom stereocenters. The summed E-state index contributed by atoms with van der Waals surface area (Å²) in [7, 11) is -3.98. The van der Waals surface area contributed by atoms with Gasteiger partial charge in [0.05, 0.1) is 10.9 Å². The summed E-state index contributed by atoms with van der Waals surface area (Å²) in [4.78, 5) is -0.188. The van der Waals surface area contributed by atoms with Gasteiger partial charge >= 0.3 is 0 Å². The van der Waals surface area contributed by atoms with Crippen molar-refractivity contribution in [2.24, 2.45) is 5.14 Å². The number of halogens is 1. The normalized spacial score (nSPS) is 11.9. The molecule has 0 aliphatic rings. The molecule has 2 N–H and O–H groups in total. The Morgan fingerprint density at radius 3 is 2.43 bits per heavy atom. The predicted molar refractivity (Wildman–Crippen MR) is 78.8 cm³/mol. The number of primary sulfonamides is 1. The van der Waals surface area contributed by atoms with Crippen molar-refractivity contribution in [3.63, 3.8) is 0 Å². The van der Waals surface area contributed by atoms with Crippen molar-refractivity contribution in [1.29, 1.82) is 0 Å². The van der Waals surface area contributed by atoms with Crippen LogP contribution >= 0.6 is 0 Å². The van der Waals surface area contributed by atoms with Crippen LogP contribution < -0.4 is 5.14 Å². The minimum absolute atomic E-state index is 0.0379. The molecular weight excluding hydrogens is 291 g/mol. The van der Waals surface area contributed by atoms with Crippen LogP contribution in [0.5, 0.6) is 0 Å². The zero-order chi connectivity index (χ0) is 15.0. The Labute approximate surface area is 121 Å². The molecular formula is C15H13FN2O2S. The van der Waals surface area contributed by atoms with Gasteiger partial charge in [-0.15, -0.1) is 0 Å². The molecule has 0 saturated heterocycles. The highest BCUT2D eigenvalue weighted by Gasteiger charge is 2.20. The van der Waals surface area contributed by atoms with Crippen LogP contribution in [0.4, 0.5) is 4.39 Å². The summed E-state index contributed by atoms with van der Waals surface area (Å²) in [5, 5.41) is 5.23. The molecule has 1 heterocycles. The number of sulfonamides is 1. The molecule has 0 atom stereocenters. The Morgan fingerprint density at radius 2 is 1.76 bits per heavy atom. The number of benzene rings is 2. The van der Waals surface area contributed by atoms with E-state index < -0.39 is 15.8 Å². The van der Waals surface area contributed by atoms with Crippen molar-refractivity contribution < 1.29 is 12.8 Å². The lowest BCUT2D eigenvalue weighted by Gasteiger charge is -2.05. The van der Waals surface area contributed by atoms with E-state index in [1.807, 2.05) is 30.3 Å². The molecule has 4 nitrogen and oxygen atoms in total. The summed E-state index contributed by atoms with van der Waals surface area (Å²) >= 11 is 0. The highest BCUT2D eigenvalue weighted by atomic mass is 32.2. The molecule has 0 radical (unpaired) electrons. The second kappa shape index (κ2) is 4.98. The fourth-order valence-electron chi connectivity index (χ4n) is 2.40. The highest BCUT2D eigenvalue weighted by molar-refractivity contribution is 7.89. The van der Waals surface area contributed by atoms with Crippen LogP contribution in [0.25, 0.3) is 10.9 Å². The third-order valence-corrected chi connectivity index (χ3v) is 4.25. The summed E-state index contributed by atoms with van der Waals surface area (Å²) in [6.45, 7) is 0.441. The third kappa shape index (κ3) is 2.55. The van der Waals surface area contributed by atoms with Crippen LogP contribution in [0, 0.1) is 5.82 Å². The standard InChI is InChI=1S/C15H13FN2O2S/c16-12-7-4-8-13-15(12)14(21(17,19)20)10-18(13)9-11-5-2-1-3-6-11/h1-8,10H,9H2,(H2,17,19,20). The lowest BCUT2D eigenvalue weighted by Crippen LogP contribution is -2.12. The monoisotopic (exact) mass is 304 g/mol. The third-order valence-electron chi connectivity index (χ3n) is 3.32. The molecule has 1 aromatic heterocycles. The number of nitrogens with two attached hydrogens (primary N) is 1. The van der Waals surface area contributed by atoms with Gasteiger partial charge in [-0.2, -0.15) is 0 Å². The molecule has 6 heteroatoms. The Hall–Kier alpha value is -2.18. The Bertz CT molecular complexity index is 902. The van der Waals surface area contributed by atoms with Gasteiger partial charge in [-0.05, 0) is 17.7 Å². The highest BCUT2D eigenvalue weighted by Crippen LogP contribution is 2.27. The maximum absolute atomic E-state index is 14.0. The van der Waals surface area contributed by atoms with E-state index in [2.05, 4.69) is 0 Å². The Balaban J connectivity index is 2.23. The average molecular weight is 304 g/mol. The first-order chi connectivity index (χ1) is 9.97. The van der Waals surface area contributed by atoms with Crippen molar-refractivity contribution in [3.8, 4) is 0 Å². The molecule has 0 aliphatic heterocycles. The molecule has 0 spiro atoms. The Kier molecular flexibility index (Phi) is 3.27. The minimum atomic E-state index is -3.98. The maximum Gasteiger partial charge on any atom is 0.240 e. The first-order valence-corrected chi connectivity index (χ1v) is 7.85. The number of aromatic nitrogens is 1. The number of hydrogen-bond acceptors (Lipinski definition) is 2. The fourth-order valence-corrected chi connectivity index (χ4v) is 3.16. The molecule has 0 aliphatic carbocycles. The molecule has 3 rings (SSSR count). The van der Waals surface area contributed by atoms with Crippen LogP contribution in [0.15, 0.2) is 59.6 Å². The lowest BCUT2D eigenvalue weighted by atomic mass is 10.2. The van der Waals surface area contributed by atoms with Gasteiger partial charge in [0.1, 0.15) is 10.7 Å². The quantitative estimate of drug-likeness (QED) is 0.808. The molecule has 0 bridgehead atoms. The van der Waals surface area contributed by atoms with E-state index in [-0.39, 0.29) is 10.3 Å². The summed E-state index contributed by atoms with van der Waals surface area (Å²) < 4.78 is 39.0. The van der Waals surface area contributed by atoms with E-state index in [4.69, 9.17) is 5.14 Å². The molecule has 0 fully saturated rings. The smallest absolute Gasteiger partial charge is 0.240 e. The molecule has 2 aromatic carbocycles. The first-order valence-electron chi connectivity index (χ1n) is 6.31. The van der Waals surface area contributed by atoms with Crippen molar-refractivity contribution in [2.75, 3.05) is 0 Å². The van der Waals surface area contributed by atoms with Gasteiger partial charge in [0.15, 0.2) is 0 Å². The van der Waals surface area contributed by atoms with Crippen LogP contribution in [-0.4, -0.2) is 13.0 Å². The maximum atomic E-state index is 14.0. The summed E-state index contributed by atoms with van der Waals surface area (Å²) in [5.74, 6) is -0.594. The van der Waals surface area contributed by atoms with Crippen LogP contribution in [0.2, 0.25) is 0 Å². The number of fused-ring (bicyclic) bond motifs is 1. The average Bonchev–Trinajstić information content (AvgIpc) is 2.80. The first kappa shape index (κ1) is 13.8. The van der Waals surface area contributed by atoms with Gasteiger partial charge in [-0.25, -0.2) is 17.9 Å². The van der Waals surface area contributed by atoms with Crippen molar-refractivity contribution in [2.45, 2.75) is 11.4 Å². The van der Waals surface area contributed by atoms with E-state index in [0.29, 0.717) is 12.1 Å². The largest absolute Gasteiger partial charge is 0.342 e. The van der Waals surface area contributed by atoms with Crippen molar-refractivity contribution >= 4 is 20.9 Å². The second-order valence-corrected chi connectivity index (χ2v) is 6.32. The number of nitrogens with zero attached hydrogens (tertiary/aromatic N) is 1. The fraction of sp³-hybridized carbons (Fsp3) is 0.0667. The van der Waals surface area contributed by atoms with Crippen LogP contribution in [0.3, 0.4) is 0 Å². The lowest BCUT2D eigenvalue weighted by molar-refractivity contribution is 0.596. The van der Waals surface area contributed by atoms with Gasteiger partial charge in [-0.1, -0.05) is 36.4 Å². The van der Waals surface area contributed by atoms with Crippen molar-refractivity contribution in [3.05, 3.63) is 66.1 Å². The van der Waals surface area contributed by atoms with E-state index in [0.717, 1.165) is 5.56 Å². The zero-order valence-electron chi connectivity index (χ0n) is 11.0. The summed E-state index contributed by atoms with van der Waals surface area (Å²) in [6.07, 6.45) is 1.38. The minimum Gasteiger partial charge on any atom is -0.342 e. The van der Waals surface area contributed by atoms with Gasteiger partial charge in [0, 0.05) is 12.7 Å². The Morgan fingerprint density at radius 1 is 1.05 bits per heavy atom. The molecule has 21 heavy (non-hydrogen) atoms. The van der Waals surface area contributed by atoms with E-state index in [9.17, 15) is 12.8 Å². The molecule has 0 amide bonds. The molecule has 0 saturated carbocycles.